The highest BCUT2D eigenvalue weighted by Crippen LogP contribution is 2.30. The van der Waals surface area contributed by atoms with E-state index in [1.165, 1.54) is 23.9 Å². The Labute approximate surface area is 143 Å². The van der Waals surface area contributed by atoms with Crippen molar-refractivity contribution in [3.8, 4) is 0 Å². The van der Waals surface area contributed by atoms with Crippen LogP contribution in [0.5, 0.6) is 0 Å². The topological polar surface area (TPSA) is 95.5 Å². The molecule has 1 aromatic carbocycles. The molecule has 2 atom stereocenters. The van der Waals surface area contributed by atoms with Crippen LogP contribution in [0.2, 0.25) is 0 Å². The predicted molar refractivity (Wildman–Crippen MR) is 90.4 cm³/mol. The predicted octanol–water partition coefficient (Wildman–Crippen LogP) is 1.53. The van der Waals surface area contributed by atoms with Crippen LogP contribution in [0.4, 0.5) is 16.2 Å². The molecule has 0 unspecified atom stereocenters. The van der Waals surface area contributed by atoms with E-state index >= 15 is 0 Å². The van der Waals surface area contributed by atoms with Gasteiger partial charge in [-0.25, -0.2) is 9.37 Å². The van der Waals surface area contributed by atoms with Gasteiger partial charge < -0.3 is 20.8 Å². The molecule has 0 aliphatic carbocycles. The zero-order chi connectivity index (χ0) is 17.1. The molecule has 0 radical (unpaired) electrons. The monoisotopic (exact) mass is 350 g/mol. The van der Waals surface area contributed by atoms with E-state index in [2.05, 4.69) is 9.97 Å². The number of aliphatic hydroxyl groups is 2. The number of rotatable bonds is 4. The first-order chi connectivity index (χ1) is 11.5. The van der Waals surface area contributed by atoms with Crippen LogP contribution in [0.3, 0.4) is 0 Å². The molecule has 0 spiro atoms. The Morgan fingerprint density at radius 2 is 2.04 bits per heavy atom. The van der Waals surface area contributed by atoms with E-state index < -0.39 is 6.10 Å². The maximum atomic E-state index is 13.0. The largest absolute Gasteiger partial charge is 0.396 e. The molecule has 2 aromatic rings. The molecule has 1 fully saturated rings. The summed E-state index contributed by atoms with van der Waals surface area (Å²) in [5.74, 6) is 0.327. The first-order valence-corrected chi connectivity index (χ1v) is 8.48. The van der Waals surface area contributed by atoms with Crippen LogP contribution in [-0.4, -0.2) is 46.0 Å². The lowest BCUT2D eigenvalue weighted by Crippen LogP contribution is -2.45. The second-order valence-corrected chi connectivity index (χ2v) is 6.82. The summed E-state index contributed by atoms with van der Waals surface area (Å²) in [6, 6.07) is 7.96. The van der Waals surface area contributed by atoms with E-state index in [9.17, 15) is 14.6 Å². The van der Waals surface area contributed by atoms with Crippen molar-refractivity contribution in [2.24, 2.45) is 5.92 Å². The zero-order valence-corrected chi connectivity index (χ0v) is 13.8. The molecule has 0 amide bonds. The highest BCUT2D eigenvalue weighted by atomic mass is 32.2. The fourth-order valence-electron chi connectivity index (χ4n) is 2.68. The van der Waals surface area contributed by atoms with E-state index in [1.807, 2.05) is 11.0 Å². The number of nitrogen functional groups attached to an aromatic ring is 1. The molecule has 1 aromatic heterocycles. The molecule has 128 valence electrons. The maximum Gasteiger partial charge on any atom is 0.223 e. The number of hydrogen-bond acceptors (Lipinski definition) is 7. The van der Waals surface area contributed by atoms with Crippen molar-refractivity contribution in [2.45, 2.75) is 22.4 Å². The van der Waals surface area contributed by atoms with Crippen LogP contribution in [0.1, 0.15) is 6.42 Å². The fourth-order valence-corrected chi connectivity index (χ4v) is 3.49. The SMILES string of the molecule is Nc1nc(Sc2ccc(F)cc2)cc(N2CC[C@@H](O)[C@@H](CO)C2)n1. The van der Waals surface area contributed by atoms with Crippen molar-refractivity contribution in [3.63, 3.8) is 0 Å². The van der Waals surface area contributed by atoms with E-state index in [0.29, 0.717) is 30.4 Å². The minimum absolute atomic E-state index is 0.0740. The van der Waals surface area contributed by atoms with Gasteiger partial charge in [0.2, 0.25) is 5.95 Å². The third kappa shape index (κ3) is 3.95. The summed E-state index contributed by atoms with van der Waals surface area (Å²) < 4.78 is 13.0. The van der Waals surface area contributed by atoms with Crippen LogP contribution in [0.25, 0.3) is 0 Å². The van der Waals surface area contributed by atoms with Gasteiger partial charge in [0.1, 0.15) is 16.7 Å². The minimum atomic E-state index is -0.501. The molecular weight excluding hydrogens is 331 g/mol. The summed E-state index contributed by atoms with van der Waals surface area (Å²) >= 11 is 1.37. The molecule has 4 N–H and O–H groups in total. The summed E-state index contributed by atoms with van der Waals surface area (Å²) in [6.07, 6.45) is 0.0637. The summed E-state index contributed by atoms with van der Waals surface area (Å²) in [5, 5.41) is 19.9. The Bertz CT molecular complexity index is 701. The summed E-state index contributed by atoms with van der Waals surface area (Å²) in [5.41, 5.74) is 5.82. The summed E-state index contributed by atoms with van der Waals surface area (Å²) in [6.45, 7) is 1.07. The van der Waals surface area contributed by atoms with Gasteiger partial charge in [0.15, 0.2) is 0 Å². The van der Waals surface area contributed by atoms with Gasteiger partial charge in [-0.2, -0.15) is 4.98 Å². The second kappa shape index (κ2) is 7.33. The van der Waals surface area contributed by atoms with Gasteiger partial charge in [-0.3, -0.25) is 0 Å². The second-order valence-electron chi connectivity index (χ2n) is 5.72. The number of nitrogens with two attached hydrogens (primary N) is 1. The Kier molecular flexibility index (Phi) is 5.17. The van der Waals surface area contributed by atoms with Crippen molar-refractivity contribution >= 4 is 23.5 Å². The molecule has 6 nitrogen and oxygen atoms in total. The lowest BCUT2D eigenvalue weighted by atomic mass is 9.95. The van der Waals surface area contributed by atoms with Crippen molar-refractivity contribution in [1.82, 2.24) is 9.97 Å². The number of aromatic nitrogens is 2. The highest BCUT2D eigenvalue weighted by Gasteiger charge is 2.28. The van der Waals surface area contributed by atoms with E-state index in [0.717, 1.165) is 4.90 Å². The fraction of sp³-hybridized carbons (Fsp3) is 0.375. The average molecular weight is 350 g/mol. The number of piperidine rings is 1. The standard InChI is InChI=1S/C16H19FN4O2S/c17-11-1-3-12(4-2-11)24-15-7-14(19-16(18)20-15)21-6-5-13(23)10(8-21)9-22/h1-4,7,10,13,22-23H,5-6,8-9H2,(H2,18,19,20)/t10-,13-/m1/s1. The number of halogens is 1. The van der Waals surface area contributed by atoms with Crippen molar-refractivity contribution in [3.05, 3.63) is 36.1 Å². The molecular formula is C16H19FN4O2S. The molecule has 0 bridgehead atoms. The van der Waals surface area contributed by atoms with Gasteiger partial charge in [0.25, 0.3) is 0 Å². The molecule has 1 aliphatic rings. The van der Waals surface area contributed by atoms with Crippen LogP contribution in [-0.2, 0) is 0 Å². The van der Waals surface area contributed by atoms with Gasteiger partial charge in [0, 0.05) is 30.0 Å². The van der Waals surface area contributed by atoms with Crippen LogP contribution in [0.15, 0.2) is 40.3 Å². The van der Waals surface area contributed by atoms with Gasteiger partial charge in [0.05, 0.1) is 12.7 Å². The lowest BCUT2D eigenvalue weighted by molar-refractivity contribution is 0.0524. The van der Waals surface area contributed by atoms with Crippen molar-refractivity contribution < 1.29 is 14.6 Å². The number of anilines is 2. The van der Waals surface area contributed by atoms with Gasteiger partial charge >= 0.3 is 0 Å². The van der Waals surface area contributed by atoms with E-state index in [4.69, 9.17) is 5.73 Å². The summed E-state index contributed by atoms with van der Waals surface area (Å²) in [4.78, 5) is 11.3. The number of hydrogen-bond donors (Lipinski definition) is 3. The molecule has 1 saturated heterocycles. The Morgan fingerprint density at radius 3 is 2.75 bits per heavy atom. The molecule has 8 heteroatoms. The lowest BCUT2D eigenvalue weighted by Gasteiger charge is -2.36. The zero-order valence-electron chi connectivity index (χ0n) is 13.0. The summed E-state index contributed by atoms with van der Waals surface area (Å²) in [7, 11) is 0. The van der Waals surface area contributed by atoms with Crippen LogP contribution in [0, 0.1) is 11.7 Å². The van der Waals surface area contributed by atoms with E-state index in [1.54, 1.807) is 12.1 Å². The number of aliphatic hydroxyl groups excluding tert-OH is 2. The first kappa shape index (κ1) is 16.9. The van der Waals surface area contributed by atoms with Crippen LogP contribution < -0.4 is 10.6 Å². The van der Waals surface area contributed by atoms with Gasteiger partial charge in [-0.15, -0.1) is 0 Å². The smallest absolute Gasteiger partial charge is 0.223 e. The highest BCUT2D eigenvalue weighted by molar-refractivity contribution is 7.99. The molecule has 2 heterocycles. The Hall–Kier alpha value is -1.90. The van der Waals surface area contributed by atoms with Crippen molar-refractivity contribution in [1.29, 1.82) is 0 Å². The normalized spacial score (nSPS) is 21.0. The maximum absolute atomic E-state index is 13.0. The quantitative estimate of drug-likeness (QED) is 0.720. The average Bonchev–Trinajstić information content (AvgIpc) is 2.57. The van der Waals surface area contributed by atoms with Crippen LogP contribution >= 0.6 is 11.8 Å². The third-order valence-electron chi connectivity index (χ3n) is 3.99. The van der Waals surface area contributed by atoms with Gasteiger partial charge in [-0.05, 0) is 30.7 Å². The molecule has 3 rings (SSSR count). The molecule has 1 aliphatic heterocycles. The molecule has 24 heavy (non-hydrogen) atoms. The Morgan fingerprint density at radius 1 is 1.29 bits per heavy atom. The number of benzene rings is 1. The van der Waals surface area contributed by atoms with E-state index in [-0.39, 0.29) is 24.3 Å². The van der Waals surface area contributed by atoms with Gasteiger partial charge in [-0.1, -0.05) is 11.8 Å². The third-order valence-corrected chi connectivity index (χ3v) is 4.92. The number of nitrogens with zero attached hydrogens (tertiary/aromatic N) is 3. The minimum Gasteiger partial charge on any atom is -0.396 e. The Balaban J connectivity index is 1.79. The molecule has 0 saturated carbocycles. The first-order valence-electron chi connectivity index (χ1n) is 7.67. The van der Waals surface area contributed by atoms with Crippen molar-refractivity contribution in [2.75, 3.05) is 30.3 Å².